The first-order valence-electron chi connectivity index (χ1n) is 35.6. The Bertz CT molecular complexity index is 4130. The molecule has 5 aromatic carbocycles. The molecule has 114 heavy (non-hydrogen) atoms. The largest absolute Gasteiger partial charge is 0.508 e. The van der Waals surface area contributed by atoms with Gasteiger partial charge in [-0.3, -0.25) is 19.2 Å². The summed E-state index contributed by atoms with van der Waals surface area (Å²) in [4.78, 5) is 139. The second-order valence-electron chi connectivity index (χ2n) is 24.1. The van der Waals surface area contributed by atoms with Crippen molar-refractivity contribution < 1.29 is 138 Å². The van der Waals surface area contributed by atoms with Crippen LogP contribution in [0.15, 0.2) is 194 Å². The Morgan fingerprint density at radius 1 is 0.412 bits per heavy atom. The van der Waals surface area contributed by atoms with Gasteiger partial charge < -0.3 is 76.5 Å². The molecule has 0 heterocycles. The van der Waals surface area contributed by atoms with Crippen LogP contribution < -0.4 is 18.9 Å². The van der Waals surface area contributed by atoms with E-state index in [0.717, 1.165) is 48.1 Å². The van der Waals surface area contributed by atoms with E-state index in [4.69, 9.17) is 76.5 Å². The van der Waals surface area contributed by atoms with Crippen molar-refractivity contribution in [2.24, 2.45) is 5.92 Å². The number of hydrogen-bond donors (Lipinski definition) is 2. The summed E-state index contributed by atoms with van der Waals surface area (Å²) in [5.41, 5.74) is 2.68. The maximum Gasteiger partial charge on any atom is 0.334 e. The van der Waals surface area contributed by atoms with Crippen molar-refractivity contribution in [2.75, 3.05) is 80.8 Å². The number of rotatable bonds is 41. The van der Waals surface area contributed by atoms with E-state index in [9.17, 15) is 61.9 Å². The van der Waals surface area contributed by atoms with Crippen LogP contribution in [-0.4, -0.2) is 169 Å². The molecule has 0 aliphatic heterocycles. The molecule has 0 atom stereocenters. The van der Waals surface area contributed by atoms with Crippen molar-refractivity contribution in [3.05, 3.63) is 222 Å². The summed E-state index contributed by atoms with van der Waals surface area (Å²) in [7, 11) is 4.51. The molecule has 28 nitrogen and oxygen atoms in total. The van der Waals surface area contributed by atoms with Gasteiger partial charge >= 0.3 is 71.6 Å². The van der Waals surface area contributed by atoms with Crippen LogP contribution in [0.3, 0.4) is 0 Å². The van der Waals surface area contributed by atoms with Crippen LogP contribution in [0.5, 0.6) is 28.7 Å². The molecule has 1 aliphatic carbocycles. The number of esters is 11. The molecule has 0 amide bonds. The van der Waals surface area contributed by atoms with Gasteiger partial charge in [-0.25, -0.2) is 42.7 Å². The summed E-state index contributed by atoms with van der Waals surface area (Å²) >= 11 is 0. The first-order chi connectivity index (χ1) is 54.6. The standard InChI is InChI=1S/C26H33FO7.C23H22O7.2C18H20O7/c1-18-6-10-21(11-7-18)34-25(29)16-19(2)26(30)33-15-5-4-14-32-24(28)13-9-20-8-12-23(31-3)22(27)17-20;1-17(16-22(25)30-20-6-4-3-5-7-20)23(26)29-15-14-28-21(24)13-10-18-8-11-19(27-2)12-9-18;1-13(12-16(19)20)18(22)25-11-3-10-24-17(21)9-6-14-4-7-15(23-2)8-5-14;1-3-23-17(21)12-13(2)18(22)25-11-10-24-16(20)9-6-14-4-7-15(19)8-5-14/h8-9,12-13,17-18,21H,2,4-7,10-11,14-16H2,1,3H3;3-13H,1,14-16H2,2H3;4-9H,1,3,10-12H2,2H3,(H,19,20);4-9,19H,2-3,10-12H2,1H3/b13-9+;13-10+;2*9-6+. The minimum Gasteiger partial charge on any atom is -0.508 e. The summed E-state index contributed by atoms with van der Waals surface area (Å²) < 4.78 is 83.3. The van der Waals surface area contributed by atoms with E-state index in [0.29, 0.717) is 42.2 Å². The molecule has 1 saturated carbocycles. The highest BCUT2D eigenvalue weighted by atomic mass is 19.1. The number of aliphatic carboxylic acids is 1. The van der Waals surface area contributed by atoms with Gasteiger partial charge in [-0.2, -0.15) is 0 Å². The van der Waals surface area contributed by atoms with Crippen molar-refractivity contribution in [3.63, 3.8) is 0 Å². The smallest absolute Gasteiger partial charge is 0.334 e. The third kappa shape index (κ3) is 43.3. The molecule has 0 bridgehead atoms. The molecule has 610 valence electrons. The Balaban J connectivity index is 0.000000397. The normalized spacial score (nSPS) is 12.5. The van der Waals surface area contributed by atoms with Gasteiger partial charge in [0.1, 0.15) is 55.5 Å². The number of hydrogen-bond acceptors (Lipinski definition) is 27. The monoisotopic (exact) mass is 1580 g/mol. The maximum absolute atomic E-state index is 13.6. The molecule has 0 radical (unpaired) electrons. The van der Waals surface area contributed by atoms with Crippen LogP contribution in [0.4, 0.5) is 4.39 Å². The van der Waals surface area contributed by atoms with E-state index in [1.807, 2.05) is 0 Å². The number of carboxylic acids is 1. The fourth-order valence-corrected chi connectivity index (χ4v) is 8.99. The summed E-state index contributed by atoms with van der Waals surface area (Å²) in [5, 5.41) is 17.7. The maximum atomic E-state index is 13.6. The van der Waals surface area contributed by atoms with E-state index in [-0.39, 0.29) is 119 Å². The van der Waals surface area contributed by atoms with Crippen LogP contribution in [0, 0.1) is 11.7 Å². The van der Waals surface area contributed by atoms with Crippen LogP contribution in [0.25, 0.3) is 24.3 Å². The number of phenols is 1. The zero-order valence-electron chi connectivity index (χ0n) is 64.2. The Labute approximate surface area is 660 Å². The van der Waals surface area contributed by atoms with Gasteiger partial charge in [-0.15, -0.1) is 0 Å². The van der Waals surface area contributed by atoms with Crippen LogP contribution in [-0.2, 0) is 105 Å². The fraction of sp³-hybridized carbons (Fsp3) is 0.318. The second kappa shape index (κ2) is 55.2. The summed E-state index contributed by atoms with van der Waals surface area (Å²) in [6, 6.07) is 33.3. The van der Waals surface area contributed by atoms with E-state index in [1.165, 1.54) is 67.8 Å². The number of methoxy groups -OCH3 is 3. The van der Waals surface area contributed by atoms with E-state index >= 15 is 0 Å². The Morgan fingerprint density at radius 2 is 0.781 bits per heavy atom. The number of carbonyl (C=O) groups is 12. The average molecular weight is 1580 g/mol. The lowest BCUT2D eigenvalue weighted by Gasteiger charge is -2.26. The number of phenolic OH excluding ortho intramolecular Hbond substituents is 1. The minimum atomic E-state index is -1.15. The molecule has 2 N–H and O–H groups in total. The molecule has 1 fully saturated rings. The number of unbranched alkanes of at least 4 members (excludes halogenated alkanes) is 1. The van der Waals surface area contributed by atoms with Gasteiger partial charge in [-0.05, 0) is 159 Å². The second-order valence-corrected chi connectivity index (χ2v) is 24.1. The molecule has 0 saturated heterocycles. The van der Waals surface area contributed by atoms with Gasteiger partial charge in [-0.1, -0.05) is 93.9 Å². The fourth-order valence-electron chi connectivity index (χ4n) is 8.99. The number of para-hydroxylation sites is 1. The van der Waals surface area contributed by atoms with Crippen LogP contribution >= 0.6 is 0 Å². The number of aromatic hydroxyl groups is 1. The minimum absolute atomic E-state index is 0.00689. The lowest BCUT2D eigenvalue weighted by atomic mass is 9.89. The van der Waals surface area contributed by atoms with Crippen LogP contribution in [0.2, 0.25) is 0 Å². The number of carbonyl (C=O) groups excluding carboxylic acids is 11. The predicted molar refractivity (Wildman–Crippen MR) is 414 cm³/mol. The van der Waals surface area contributed by atoms with Gasteiger partial charge in [0.05, 0.1) is 80.0 Å². The predicted octanol–water partition coefficient (Wildman–Crippen LogP) is 12.3. The molecular formula is C85H95FO28. The molecule has 0 spiro atoms. The third-order valence-corrected chi connectivity index (χ3v) is 15.0. The molecule has 1 aliphatic rings. The van der Waals surface area contributed by atoms with Gasteiger partial charge in [0.25, 0.3) is 0 Å². The molecule has 0 aromatic heterocycles. The lowest BCUT2D eigenvalue weighted by Crippen LogP contribution is -2.24. The zero-order chi connectivity index (χ0) is 84.0. The quantitative estimate of drug-likeness (QED) is 0.0121. The van der Waals surface area contributed by atoms with Crippen molar-refractivity contribution >= 4 is 95.9 Å². The highest BCUT2D eigenvalue weighted by molar-refractivity contribution is 5.96. The number of ether oxygens (including phenoxy) is 14. The number of benzene rings is 5. The van der Waals surface area contributed by atoms with Gasteiger partial charge in [0, 0.05) is 53.0 Å². The van der Waals surface area contributed by atoms with Gasteiger partial charge in [0.15, 0.2) is 11.6 Å². The molecule has 6 rings (SSSR count). The van der Waals surface area contributed by atoms with Crippen molar-refractivity contribution in [3.8, 4) is 28.7 Å². The first kappa shape index (κ1) is 95.0. The van der Waals surface area contributed by atoms with E-state index in [2.05, 4.69) is 33.2 Å². The summed E-state index contributed by atoms with van der Waals surface area (Å²) in [6.45, 7) is 17.7. The lowest BCUT2D eigenvalue weighted by molar-refractivity contribution is -0.152. The molecule has 5 aromatic rings. The highest BCUT2D eigenvalue weighted by Gasteiger charge is 2.24. The average Bonchev–Trinajstić information content (AvgIpc) is 0.662. The number of halogens is 1. The Hall–Kier alpha value is -13.2. The van der Waals surface area contributed by atoms with E-state index in [1.54, 1.807) is 130 Å². The topological polar surface area (TPSA) is 375 Å². The van der Waals surface area contributed by atoms with Crippen LogP contribution in [0.1, 0.15) is 107 Å². The summed E-state index contributed by atoms with van der Waals surface area (Å²) in [6.07, 6.45) is 14.9. The molecular weight excluding hydrogens is 1490 g/mol. The van der Waals surface area contributed by atoms with Crippen molar-refractivity contribution in [2.45, 2.75) is 90.6 Å². The van der Waals surface area contributed by atoms with Gasteiger partial charge in [0.2, 0.25) is 0 Å². The Morgan fingerprint density at radius 3 is 1.21 bits per heavy atom. The van der Waals surface area contributed by atoms with Crippen molar-refractivity contribution in [1.82, 2.24) is 0 Å². The summed E-state index contributed by atoms with van der Waals surface area (Å²) in [5.74, 6) is -5.77. The molecule has 0 unspecified atom stereocenters. The first-order valence-corrected chi connectivity index (χ1v) is 35.6. The SMILES string of the molecule is C=C(CC(=O)O)C(=O)OCCCOC(=O)/C=C/c1ccc(OC)cc1.C=C(CC(=O)OC1CCC(C)CC1)C(=O)OCCCCOC(=O)/C=C/c1ccc(OC)c(F)c1.C=C(CC(=O)OCC)C(=O)OCCOC(=O)/C=C/c1ccc(O)cc1.C=C(CC(=O)Oc1ccccc1)C(=O)OCCOC(=O)/C=C/c1ccc(OC)cc1. The Kier molecular flexibility index (Phi) is 46.0. The number of carboxylic acid groups (broad SMARTS) is 1. The van der Waals surface area contributed by atoms with E-state index < -0.39 is 83.9 Å². The highest BCUT2D eigenvalue weighted by Crippen LogP contribution is 2.27. The zero-order valence-corrected chi connectivity index (χ0v) is 64.2. The van der Waals surface area contributed by atoms with Crippen molar-refractivity contribution in [1.29, 1.82) is 0 Å². The third-order valence-electron chi connectivity index (χ3n) is 15.0. The molecule has 29 heteroatoms.